The first-order chi connectivity index (χ1) is 10.1. The fourth-order valence-electron chi connectivity index (χ4n) is 2.41. The van der Waals surface area contributed by atoms with Gasteiger partial charge in [-0.15, -0.1) is 0 Å². The van der Waals surface area contributed by atoms with Gasteiger partial charge in [0, 0.05) is 18.7 Å². The number of nitrogens with zero attached hydrogens (tertiary/aromatic N) is 2. The molecule has 0 radical (unpaired) electrons. The molecular weight excluding hydrogens is 276 g/mol. The standard InChI is InChI=1S/C14H18N2O5/c17-14(18)12-10-11(4-5-13(12)16(19)20)21-9-8-15-6-2-1-3-7-15/h4-5,10H,1-3,6-9H2,(H,17,18). The van der Waals surface area contributed by atoms with Crippen LogP contribution in [0.5, 0.6) is 5.75 Å². The monoisotopic (exact) mass is 294 g/mol. The highest BCUT2D eigenvalue weighted by atomic mass is 16.6. The van der Waals surface area contributed by atoms with Gasteiger partial charge in [0.2, 0.25) is 0 Å². The molecule has 0 atom stereocenters. The highest BCUT2D eigenvalue weighted by Crippen LogP contribution is 2.24. The molecule has 1 N–H and O–H groups in total. The molecule has 0 amide bonds. The second kappa shape index (κ2) is 7.03. The minimum Gasteiger partial charge on any atom is -0.492 e. The van der Waals surface area contributed by atoms with E-state index in [4.69, 9.17) is 9.84 Å². The Kier molecular flexibility index (Phi) is 5.10. The lowest BCUT2D eigenvalue weighted by molar-refractivity contribution is -0.385. The number of hydrogen-bond donors (Lipinski definition) is 1. The zero-order valence-corrected chi connectivity index (χ0v) is 11.7. The normalized spacial score (nSPS) is 15.6. The molecule has 0 unspecified atom stereocenters. The number of carboxylic acids is 1. The van der Waals surface area contributed by atoms with Crippen LogP contribution in [0, 0.1) is 10.1 Å². The maximum absolute atomic E-state index is 11.0. The molecule has 1 aliphatic heterocycles. The summed E-state index contributed by atoms with van der Waals surface area (Å²) >= 11 is 0. The summed E-state index contributed by atoms with van der Waals surface area (Å²) in [5.74, 6) is -0.988. The van der Waals surface area contributed by atoms with Crippen molar-refractivity contribution in [2.24, 2.45) is 0 Å². The number of nitro benzene ring substituents is 1. The summed E-state index contributed by atoms with van der Waals surface area (Å²) in [4.78, 5) is 23.4. The highest BCUT2D eigenvalue weighted by Gasteiger charge is 2.20. The van der Waals surface area contributed by atoms with Crippen molar-refractivity contribution in [1.82, 2.24) is 4.90 Å². The molecule has 1 aromatic carbocycles. The Morgan fingerprint density at radius 1 is 1.33 bits per heavy atom. The third-order valence-corrected chi connectivity index (χ3v) is 3.52. The van der Waals surface area contributed by atoms with Crippen LogP contribution in [0.25, 0.3) is 0 Å². The van der Waals surface area contributed by atoms with Crippen LogP contribution in [0.2, 0.25) is 0 Å². The molecule has 0 aromatic heterocycles. The lowest BCUT2D eigenvalue weighted by Gasteiger charge is -2.26. The number of nitro groups is 1. The fourth-order valence-corrected chi connectivity index (χ4v) is 2.41. The molecule has 1 aromatic rings. The van der Waals surface area contributed by atoms with Crippen molar-refractivity contribution in [3.05, 3.63) is 33.9 Å². The Morgan fingerprint density at radius 3 is 2.67 bits per heavy atom. The van der Waals surface area contributed by atoms with Gasteiger partial charge < -0.3 is 9.84 Å². The Hall–Kier alpha value is -2.15. The maximum atomic E-state index is 11.0. The van der Waals surface area contributed by atoms with Crippen molar-refractivity contribution in [3.63, 3.8) is 0 Å². The summed E-state index contributed by atoms with van der Waals surface area (Å²) < 4.78 is 5.51. The van der Waals surface area contributed by atoms with E-state index < -0.39 is 16.6 Å². The molecule has 114 valence electrons. The minimum atomic E-state index is -1.33. The van der Waals surface area contributed by atoms with Crippen LogP contribution >= 0.6 is 0 Å². The number of rotatable bonds is 6. The SMILES string of the molecule is O=C(O)c1cc(OCCN2CCCCC2)ccc1[N+](=O)[O-]. The van der Waals surface area contributed by atoms with Crippen LogP contribution in [0.15, 0.2) is 18.2 Å². The molecule has 2 rings (SSSR count). The molecule has 21 heavy (non-hydrogen) atoms. The number of hydrogen-bond acceptors (Lipinski definition) is 5. The Morgan fingerprint density at radius 2 is 2.05 bits per heavy atom. The van der Waals surface area contributed by atoms with Gasteiger partial charge in [-0.25, -0.2) is 4.79 Å². The van der Waals surface area contributed by atoms with Gasteiger partial charge in [0.1, 0.15) is 17.9 Å². The third-order valence-electron chi connectivity index (χ3n) is 3.52. The topological polar surface area (TPSA) is 92.9 Å². The smallest absolute Gasteiger partial charge is 0.342 e. The van der Waals surface area contributed by atoms with Gasteiger partial charge in [-0.2, -0.15) is 0 Å². The van der Waals surface area contributed by atoms with Crippen molar-refractivity contribution in [2.75, 3.05) is 26.2 Å². The number of benzene rings is 1. The average molecular weight is 294 g/mol. The van der Waals surface area contributed by atoms with E-state index in [1.807, 2.05) is 0 Å². The number of piperidine rings is 1. The number of aromatic carboxylic acids is 1. The molecule has 0 aliphatic carbocycles. The summed E-state index contributed by atoms with van der Waals surface area (Å²) in [7, 11) is 0. The van der Waals surface area contributed by atoms with Gasteiger partial charge in [-0.05, 0) is 32.0 Å². The second-order valence-corrected chi connectivity index (χ2v) is 4.99. The molecule has 0 spiro atoms. The van der Waals surface area contributed by atoms with Crippen molar-refractivity contribution in [2.45, 2.75) is 19.3 Å². The van der Waals surface area contributed by atoms with Gasteiger partial charge in [-0.3, -0.25) is 15.0 Å². The molecule has 0 saturated carbocycles. The largest absolute Gasteiger partial charge is 0.492 e. The predicted octanol–water partition coefficient (Wildman–Crippen LogP) is 2.16. The minimum absolute atomic E-state index is 0.343. The molecule has 1 aliphatic rings. The summed E-state index contributed by atoms with van der Waals surface area (Å²) in [6, 6.07) is 3.80. The van der Waals surface area contributed by atoms with Crippen LogP contribution in [0.3, 0.4) is 0 Å². The lowest BCUT2D eigenvalue weighted by atomic mass is 10.1. The lowest BCUT2D eigenvalue weighted by Crippen LogP contribution is -2.33. The first-order valence-corrected chi connectivity index (χ1v) is 6.95. The van der Waals surface area contributed by atoms with Gasteiger partial charge >= 0.3 is 5.97 Å². The average Bonchev–Trinajstić information content (AvgIpc) is 2.48. The van der Waals surface area contributed by atoms with E-state index in [0.29, 0.717) is 12.4 Å². The molecular formula is C14H18N2O5. The molecule has 1 heterocycles. The Bertz CT molecular complexity index is 526. The summed E-state index contributed by atoms with van der Waals surface area (Å²) in [6.07, 6.45) is 3.66. The van der Waals surface area contributed by atoms with Crippen LogP contribution in [-0.2, 0) is 0 Å². The zero-order valence-electron chi connectivity index (χ0n) is 11.7. The van der Waals surface area contributed by atoms with Crippen molar-refractivity contribution in [3.8, 4) is 5.75 Å². The van der Waals surface area contributed by atoms with E-state index in [9.17, 15) is 14.9 Å². The fraction of sp³-hybridized carbons (Fsp3) is 0.500. The highest BCUT2D eigenvalue weighted by molar-refractivity contribution is 5.92. The molecule has 7 heteroatoms. The summed E-state index contributed by atoms with van der Waals surface area (Å²) in [5.41, 5.74) is -0.777. The maximum Gasteiger partial charge on any atom is 0.342 e. The van der Waals surface area contributed by atoms with Crippen LogP contribution in [0.1, 0.15) is 29.6 Å². The van der Waals surface area contributed by atoms with Gasteiger partial charge in [0.05, 0.1) is 4.92 Å². The van der Waals surface area contributed by atoms with E-state index in [1.54, 1.807) is 0 Å². The second-order valence-electron chi connectivity index (χ2n) is 4.99. The number of likely N-dealkylation sites (tertiary alicyclic amines) is 1. The van der Waals surface area contributed by atoms with Crippen LogP contribution < -0.4 is 4.74 Å². The zero-order chi connectivity index (χ0) is 15.2. The van der Waals surface area contributed by atoms with E-state index in [2.05, 4.69) is 4.90 Å². The van der Waals surface area contributed by atoms with Crippen LogP contribution in [-0.4, -0.2) is 47.1 Å². The third kappa shape index (κ3) is 4.16. The predicted molar refractivity (Wildman–Crippen MR) is 75.8 cm³/mol. The number of carbonyl (C=O) groups is 1. The number of ether oxygens (including phenoxy) is 1. The van der Waals surface area contributed by atoms with Crippen molar-refractivity contribution < 1.29 is 19.6 Å². The van der Waals surface area contributed by atoms with E-state index >= 15 is 0 Å². The Balaban J connectivity index is 1.95. The quantitative estimate of drug-likeness (QED) is 0.638. The van der Waals surface area contributed by atoms with Crippen molar-refractivity contribution in [1.29, 1.82) is 0 Å². The van der Waals surface area contributed by atoms with Crippen molar-refractivity contribution >= 4 is 11.7 Å². The van der Waals surface area contributed by atoms with E-state index in [0.717, 1.165) is 19.6 Å². The van der Waals surface area contributed by atoms with E-state index in [-0.39, 0.29) is 5.56 Å². The summed E-state index contributed by atoms with van der Waals surface area (Å²) in [6.45, 7) is 3.34. The van der Waals surface area contributed by atoms with Gasteiger partial charge in [-0.1, -0.05) is 6.42 Å². The summed E-state index contributed by atoms with van der Waals surface area (Å²) in [5, 5.41) is 19.8. The first kappa shape index (κ1) is 15.2. The molecule has 7 nitrogen and oxygen atoms in total. The molecule has 1 saturated heterocycles. The molecule has 1 fully saturated rings. The van der Waals surface area contributed by atoms with Gasteiger partial charge in [0.25, 0.3) is 5.69 Å². The number of carboxylic acid groups (broad SMARTS) is 1. The Labute approximate surface area is 122 Å². The van der Waals surface area contributed by atoms with Crippen LogP contribution in [0.4, 0.5) is 5.69 Å². The van der Waals surface area contributed by atoms with E-state index in [1.165, 1.54) is 37.5 Å². The molecule has 0 bridgehead atoms. The first-order valence-electron chi connectivity index (χ1n) is 6.95. The van der Waals surface area contributed by atoms with Gasteiger partial charge in [0.15, 0.2) is 0 Å².